The Kier molecular flexibility index (Phi) is 16.2. The van der Waals surface area contributed by atoms with Gasteiger partial charge in [-0.25, -0.2) is 8.42 Å². The first kappa shape index (κ1) is 49.7. The summed E-state index contributed by atoms with van der Waals surface area (Å²) in [7, 11) is -14.5. The number of nitrogens with one attached hydrogen (secondary N) is 1. The van der Waals surface area contributed by atoms with Crippen LogP contribution < -0.4 is 20.7 Å². The van der Waals surface area contributed by atoms with E-state index in [2.05, 4.69) is 53.6 Å². The van der Waals surface area contributed by atoms with Crippen molar-refractivity contribution in [3.63, 3.8) is 0 Å². The molecule has 0 heterocycles. The van der Waals surface area contributed by atoms with Gasteiger partial charge >= 0.3 is 38.7 Å². The molecule has 0 amide bonds. The number of hydrogen-bond donors (Lipinski definition) is 1. The van der Waals surface area contributed by atoms with Gasteiger partial charge in [0.05, 0.1) is 12.0 Å². The van der Waals surface area contributed by atoms with E-state index in [1.54, 1.807) is 38.1 Å². The molecule has 17 heteroatoms. The molecule has 324 valence electrons. The molecule has 6 rings (SSSR count). The average Bonchev–Trinajstić information content (AvgIpc) is 3.14. The van der Waals surface area contributed by atoms with Crippen molar-refractivity contribution < 1.29 is 47.7 Å². The van der Waals surface area contributed by atoms with Gasteiger partial charge in [0.15, 0.2) is 10.5 Å². The molecule has 0 saturated heterocycles. The number of para-hydroxylation sites is 1. The molecule has 0 aliphatic rings. The minimum atomic E-state index is -10.7. The van der Waals surface area contributed by atoms with Crippen LogP contribution >= 0.6 is 15.7 Å². The summed E-state index contributed by atoms with van der Waals surface area (Å²) < 4.78 is 96.8. The van der Waals surface area contributed by atoms with Gasteiger partial charge in [-0.2, -0.15) is 0 Å². The Morgan fingerprint density at radius 2 is 1.03 bits per heavy atom. The summed E-state index contributed by atoms with van der Waals surface area (Å²) in [6.07, 6.45) is 0. The summed E-state index contributed by atoms with van der Waals surface area (Å²) in [5, 5.41) is 14.2. The van der Waals surface area contributed by atoms with E-state index in [9.17, 15) is 42.9 Å². The zero-order valence-corrected chi connectivity index (χ0v) is 36.8. The van der Waals surface area contributed by atoms with Crippen molar-refractivity contribution in [1.29, 1.82) is 5.39 Å². The Morgan fingerprint density at radius 1 is 0.639 bits per heavy atom. The standard InChI is InChI=1S/C22H21OP.C13H12N3O.C9H12O3S.F6P/c1-16-14-17(2)21(18(3)15-16)22(23)24(19-10-6-4-7-11-19)20-12-8-5-9-13-20;1-17-13-9-11(7-8-12(13)16-14)15-10-5-3-2-4-6-10;1-6-4-7(2)9(8(3)5-6)13(10,11)12;1-7(2,3,4,5)6/h4-15H,1-3H3;2-9,15H,1H3;4-5H,1-3H3,(H,10,11,12);/q;+1;;-1/p-1. The van der Waals surface area contributed by atoms with Crippen LogP contribution in [0.25, 0.3) is 4.98 Å². The van der Waals surface area contributed by atoms with Crippen molar-refractivity contribution in [3.8, 4) is 5.75 Å². The second-order valence-electron chi connectivity index (χ2n) is 13.7. The number of aryl methyl sites for hydroxylation is 6. The Balaban J connectivity index is 0.000000235. The van der Waals surface area contributed by atoms with Crippen molar-refractivity contribution in [1.82, 2.24) is 0 Å². The molecular weight excluding hydrogens is 859 g/mol. The summed E-state index contributed by atoms with van der Waals surface area (Å²) >= 11 is 0. The van der Waals surface area contributed by atoms with Gasteiger partial charge in [-0.1, -0.05) is 114 Å². The monoisotopic (exact) mass is 902 g/mol. The second kappa shape index (κ2) is 19.8. The zero-order valence-electron chi connectivity index (χ0n) is 34.2. The van der Waals surface area contributed by atoms with Gasteiger partial charge in [0.1, 0.15) is 10.1 Å². The molecule has 0 aliphatic heterocycles. The molecule has 8 nitrogen and oxygen atoms in total. The molecule has 0 aliphatic carbocycles. The molecule has 0 fully saturated rings. The molecule has 0 spiro atoms. The van der Waals surface area contributed by atoms with Gasteiger partial charge < -0.3 is 14.6 Å². The molecule has 0 radical (unpaired) electrons. The number of carbonyl (C=O) groups excluding carboxylic acids is 1. The SMILES string of the molecule is COc1cc(Nc2ccccc2)ccc1[N+]#N.Cc1cc(C)c(C(=O)P(c2ccccc2)c2ccccc2)c(C)c1.Cc1cc(C)c(S(=O)(=O)[O-])c(C)c1.F[P-](F)(F)(F)(F)F. The predicted octanol–water partition coefficient (Wildman–Crippen LogP) is 13.7. The van der Waals surface area contributed by atoms with E-state index in [1.807, 2.05) is 93.6 Å². The number of ether oxygens (including phenoxy) is 1. The number of methoxy groups -OCH3 is 1. The Bertz CT molecular complexity index is 2520. The van der Waals surface area contributed by atoms with E-state index >= 15 is 0 Å². The van der Waals surface area contributed by atoms with Crippen LogP contribution in [-0.2, 0) is 10.1 Å². The first-order valence-corrected chi connectivity index (χ1v) is 22.9. The third-order valence-electron chi connectivity index (χ3n) is 8.33. The molecular formula is C44H44F6N3O5P2S-. The molecule has 6 aromatic rings. The van der Waals surface area contributed by atoms with Crippen LogP contribution in [0.3, 0.4) is 0 Å². The topological polar surface area (TPSA) is 124 Å². The van der Waals surface area contributed by atoms with Gasteiger partial charge in [-0.15, -0.1) is 0 Å². The van der Waals surface area contributed by atoms with Crippen LogP contribution in [0.4, 0.5) is 42.2 Å². The number of carbonyl (C=O) groups is 1. The van der Waals surface area contributed by atoms with Crippen LogP contribution in [0.15, 0.2) is 138 Å². The Labute approximate surface area is 353 Å². The molecule has 0 aromatic heterocycles. The van der Waals surface area contributed by atoms with E-state index in [0.717, 1.165) is 44.2 Å². The second-order valence-corrected chi connectivity index (χ2v) is 19.0. The van der Waals surface area contributed by atoms with E-state index in [4.69, 9.17) is 10.1 Å². The van der Waals surface area contributed by atoms with Crippen LogP contribution in [0, 0.1) is 46.9 Å². The van der Waals surface area contributed by atoms with E-state index in [0.29, 0.717) is 22.6 Å². The Morgan fingerprint density at radius 3 is 1.41 bits per heavy atom. The van der Waals surface area contributed by atoms with Crippen molar-refractivity contribution in [2.45, 2.75) is 46.4 Å². The van der Waals surface area contributed by atoms with Crippen molar-refractivity contribution in [2.75, 3.05) is 12.4 Å². The number of diazo groups is 1. The molecule has 61 heavy (non-hydrogen) atoms. The van der Waals surface area contributed by atoms with Gasteiger partial charge in [-0.05, 0) is 92.6 Å². The number of rotatable bonds is 8. The van der Waals surface area contributed by atoms with Gasteiger partial charge in [0.25, 0.3) is 0 Å². The predicted molar refractivity (Wildman–Crippen MR) is 234 cm³/mol. The zero-order chi connectivity index (χ0) is 45.8. The molecule has 0 bridgehead atoms. The maximum absolute atomic E-state index is 13.5. The maximum atomic E-state index is 13.5. The Hall–Kier alpha value is -5.64. The van der Waals surface area contributed by atoms with E-state index < -0.39 is 25.8 Å². The molecule has 0 atom stereocenters. The van der Waals surface area contributed by atoms with Crippen molar-refractivity contribution >= 4 is 59.0 Å². The molecule has 6 aromatic carbocycles. The summed E-state index contributed by atoms with van der Waals surface area (Å²) in [6.45, 7) is 11.3. The van der Waals surface area contributed by atoms with Crippen LogP contribution in [0.5, 0.6) is 5.75 Å². The summed E-state index contributed by atoms with van der Waals surface area (Å²) in [5.74, 6) is 0.522. The molecule has 0 saturated carbocycles. The number of benzene rings is 6. The molecule has 1 N–H and O–H groups in total. The summed E-state index contributed by atoms with van der Waals surface area (Å²) in [4.78, 5) is 16.6. The average molecular weight is 903 g/mol. The first-order valence-electron chi connectivity index (χ1n) is 18.2. The van der Waals surface area contributed by atoms with Crippen LogP contribution in [0.2, 0.25) is 0 Å². The summed E-state index contributed by atoms with van der Waals surface area (Å²) in [6, 6.07) is 43.0. The fourth-order valence-electron chi connectivity index (χ4n) is 6.25. The van der Waals surface area contributed by atoms with Crippen molar-refractivity contribution in [2.24, 2.45) is 0 Å². The summed E-state index contributed by atoms with van der Waals surface area (Å²) in [5.41, 5.74) is 8.72. The quantitative estimate of drug-likeness (QED) is 0.0698. The first-order chi connectivity index (χ1) is 28.2. The fraction of sp³-hybridized carbons (Fsp3) is 0.159. The van der Waals surface area contributed by atoms with Crippen LogP contribution in [-0.4, -0.2) is 25.6 Å². The van der Waals surface area contributed by atoms with E-state index in [1.165, 1.54) is 12.7 Å². The number of nitrogens with zero attached hydrogens (tertiary/aromatic N) is 2. The number of hydrogen-bond acceptors (Lipinski definition) is 7. The van der Waals surface area contributed by atoms with Gasteiger partial charge in [0, 0.05) is 37.0 Å². The third-order valence-corrected chi connectivity index (χ3v) is 11.7. The third kappa shape index (κ3) is 17.1. The van der Waals surface area contributed by atoms with Gasteiger partial charge in [-0.3, -0.25) is 4.79 Å². The van der Waals surface area contributed by atoms with Crippen LogP contribution in [0.1, 0.15) is 43.7 Å². The van der Waals surface area contributed by atoms with Gasteiger partial charge in [0.2, 0.25) is 11.1 Å². The van der Waals surface area contributed by atoms with Crippen molar-refractivity contribution in [3.05, 3.63) is 177 Å². The number of anilines is 2. The molecule has 0 unspecified atom stereocenters. The minimum absolute atomic E-state index is 0.0851. The van der Waals surface area contributed by atoms with E-state index in [-0.39, 0.29) is 10.4 Å². The number of halogens is 6. The normalized spacial score (nSPS) is 12.0. The fourth-order valence-corrected chi connectivity index (χ4v) is 9.44.